The van der Waals surface area contributed by atoms with Crippen molar-refractivity contribution in [1.82, 2.24) is 15.5 Å². The SMILES string of the molecule is CC(C)c1ccc(CSc2nnc(SCC(=O)NCC(F)(F)F)s2)cc1. The van der Waals surface area contributed by atoms with E-state index in [4.69, 9.17) is 0 Å². The molecule has 1 N–H and O–H groups in total. The van der Waals surface area contributed by atoms with Crippen LogP contribution in [-0.4, -0.2) is 34.6 Å². The quantitative estimate of drug-likeness (QED) is 0.625. The van der Waals surface area contributed by atoms with Crippen LogP contribution in [0, 0.1) is 0 Å². The molecule has 142 valence electrons. The van der Waals surface area contributed by atoms with Crippen LogP contribution in [0.5, 0.6) is 0 Å². The van der Waals surface area contributed by atoms with E-state index in [0.29, 0.717) is 10.3 Å². The first-order valence-corrected chi connectivity index (χ1v) is 10.5. The highest BCUT2D eigenvalue weighted by Crippen LogP contribution is 2.31. The maximum atomic E-state index is 12.0. The van der Waals surface area contributed by atoms with Crippen LogP contribution in [0.4, 0.5) is 13.2 Å². The van der Waals surface area contributed by atoms with Gasteiger partial charge in [-0.05, 0) is 17.0 Å². The number of rotatable bonds is 8. The maximum absolute atomic E-state index is 12.0. The molecule has 0 aliphatic carbocycles. The van der Waals surface area contributed by atoms with Gasteiger partial charge in [-0.15, -0.1) is 10.2 Å². The van der Waals surface area contributed by atoms with Crippen molar-refractivity contribution in [2.24, 2.45) is 0 Å². The number of amides is 1. The smallest absolute Gasteiger partial charge is 0.346 e. The van der Waals surface area contributed by atoms with Crippen molar-refractivity contribution in [3.05, 3.63) is 35.4 Å². The summed E-state index contributed by atoms with van der Waals surface area (Å²) in [7, 11) is 0. The third-order valence-corrected chi connectivity index (χ3v) is 6.47. The normalized spacial score (nSPS) is 11.8. The van der Waals surface area contributed by atoms with Gasteiger partial charge in [0.25, 0.3) is 0 Å². The number of hydrogen-bond acceptors (Lipinski definition) is 6. The molecule has 1 amide bonds. The lowest BCUT2D eigenvalue weighted by Crippen LogP contribution is -2.34. The third kappa shape index (κ3) is 7.55. The number of halogens is 3. The topological polar surface area (TPSA) is 54.9 Å². The highest BCUT2D eigenvalue weighted by atomic mass is 32.2. The fourth-order valence-electron chi connectivity index (χ4n) is 1.83. The molecule has 26 heavy (non-hydrogen) atoms. The Morgan fingerprint density at radius 2 is 1.77 bits per heavy atom. The summed E-state index contributed by atoms with van der Waals surface area (Å²) in [5, 5.41) is 9.82. The van der Waals surface area contributed by atoms with Crippen LogP contribution in [0.25, 0.3) is 0 Å². The highest BCUT2D eigenvalue weighted by molar-refractivity contribution is 8.03. The predicted molar refractivity (Wildman–Crippen MR) is 99.8 cm³/mol. The number of aromatic nitrogens is 2. The van der Waals surface area contributed by atoms with E-state index in [1.165, 1.54) is 34.2 Å². The first-order chi connectivity index (χ1) is 12.2. The molecule has 0 radical (unpaired) electrons. The first kappa shape index (κ1) is 21.0. The van der Waals surface area contributed by atoms with E-state index < -0.39 is 18.6 Å². The average Bonchev–Trinajstić information content (AvgIpc) is 3.04. The van der Waals surface area contributed by atoms with Crippen molar-refractivity contribution in [3.63, 3.8) is 0 Å². The molecule has 0 saturated heterocycles. The zero-order chi connectivity index (χ0) is 19.2. The lowest BCUT2D eigenvalue weighted by molar-refractivity contribution is -0.136. The third-order valence-electron chi connectivity index (χ3n) is 3.21. The number of nitrogens with zero attached hydrogens (tertiary/aromatic N) is 2. The minimum atomic E-state index is -4.40. The summed E-state index contributed by atoms with van der Waals surface area (Å²) in [6.07, 6.45) is -4.40. The molecule has 10 heteroatoms. The van der Waals surface area contributed by atoms with Crippen molar-refractivity contribution >= 4 is 40.8 Å². The van der Waals surface area contributed by atoms with E-state index >= 15 is 0 Å². The Bertz CT molecular complexity index is 718. The lowest BCUT2D eigenvalue weighted by Gasteiger charge is -2.07. The molecule has 2 rings (SSSR count). The van der Waals surface area contributed by atoms with Crippen molar-refractivity contribution in [3.8, 4) is 0 Å². The number of nitrogens with one attached hydrogen (secondary N) is 1. The van der Waals surface area contributed by atoms with Crippen molar-refractivity contribution in [2.75, 3.05) is 12.3 Å². The fraction of sp³-hybridized carbons (Fsp3) is 0.438. The van der Waals surface area contributed by atoms with Gasteiger partial charge in [0.2, 0.25) is 5.91 Å². The molecule has 1 aromatic heterocycles. The van der Waals surface area contributed by atoms with Gasteiger partial charge >= 0.3 is 6.18 Å². The highest BCUT2D eigenvalue weighted by Gasteiger charge is 2.27. The molecule has 1 heterocycles. The molecule has 2 aromatic rings. The molecule has 0 aliphatic heterocycles. The summed E-state index contributed by atoms with van der Waals surface area (Å²) in [6.45, 7) is 2.97. The maximum Gasteiger partial charge on any atom is 0.405 e. The van der Waals surface area contributed by atoms with E-state index in [2.05, 4.69) is 48.3 Å². The molecule has 0 aliphatic rings. The van der Waals surface area contributed by atoms with Crippen LogP contribution in [0.1, 0.15) is 30.9 Å². The number of benzene rings is 1. The summed E-state index contributed by atoms with van der Waals surface area (Å²) >= 11 is 3.94. The molecular weight excluding hydrogens is 403 g/mol. The number of carbonyl (C=O) groups is 1. The summed E-state index contributed by atoms with van der Waals surface area (Å²) in [6, 6.07) is 8.40. The summed E-state index contributed by atoms with van der Waals surface area (Å²) < 4.78 is 37.4. The molecule has 0 fully saturated rings. The Morgan fingerprint density at radius 3 is 2.35 bits per heavy atom. The van der Waals surface area contributed by atoms with Gasteiger partial charge in [0.1, 0.15) is 6.54 Å². The van der Waals surface area contributed by atoms with E-state index in [1.54, 1.807) is 0 Å². The van der Waals surface area contributed by atoms with Gasteiger partial charge in [0.15, 0.2) is 8.68 Å². The van der Waals surface area contributed by atoms with Crippen LogP contribution in [0.15, 0.2) is 32.9 Å². The predicted octanol–water partition coefficient (Wildman–Crippen LogP) is 4.72. The molecule has 0 bridgehead atoms. The van der Waals surface area contributed by atoms with Crippen molar-refractivity contribution < 1.29 is 18.0 Å². The van der Waals surface area contributed by atoms with Crippen LogP contribution in [-0.2, 0) is 10.5 Å². The monoisotopic (exact) mass is 421 g/mol. The van der Waals surface area contributed by atoms with Crippen molar-refractivity contribution in [2.45, 2.75) is 40.4 Å². The molecule has 0 atom stereocenters. The largest absolute Gasteiger partial charge is 0.405 e. The van der Waals surface area contributed by atoms with Gasteiger partial charge in [0, 0.05) is 5.75 Å². The van der Waals surface area contributed by atoms with Crippen LogP contribution < -0.4 is 5.32 Å². The standard InChI is InChI=1S/C16H18F3N3OS3/c1-10(2)12-5-3-11(4-6-12)7-24-14-21-22-15(26-14)25-8-13(23)20-9-16(17,18)19/h3-6,10H,7-9H2,1-2H3,(H,20,23). The van der Waals surface area contributed by atoms with E-state index in [0.717, 1.165) is 21.9 Å². The lowest BCUT2D eigenvalue weighted by atomic mass is 10.0. The Morgan fingerprint density at radius 1 is 1.15 bits per heavy atom. The minimum absolute atomic E-state index is 0.119. The van der Waals surface area contributed by atoms with Crippen LogP contribution >= 0.6 is 34.9 Å². The molecule has 1 aromatic carbocycles. The van der Waals surface area contributed by atoms with Gasteiger partial charge < -0.3 is 5.32 Å². The van der Waals surface area contributed by atoms with Gasteiger partial charge in [-0.25, -0.2) is 0 Å². The zero-order valence-electron chi connectivity index (χ0n) is 14.2. The Kier molecular flexibility index (Phi) is 7.78. The van der Waals surface area contributed by atoms with E-state index in [9.17, 15) is 18.0 Å². The van der Waals surface area contributed by atoms with Gasteiger partial charge in [0.05, 0.1) is 5.75 Å². The van der Waals surface area contributed by atoms with Crippen LogP contribution in [0.2, 0.25) is 0 Å². The minimum Gasteiger partial charge on any atom is -0.346 e. The fourth-order valence-corrected chi connectivity index (χ4v) is 4.64. The Labute approximate surface area is 162 Å². The molecule has 0 saturated carbocycles. The summed E-state index contributed by atoms with van der Waals surface area (Å²) in [5.41, 5.74) is 2.47. The van der Waals surface area contributed by atoms with E-state index in [1.807, 2.05) is 5.32 Å². The van der Waals surface area contributed by atoms with Crippen LogP contribution in [0.3, 0.4) is 0 Å². The summed E-state index contributed by atoms with van der Waals surface area (Å²) in [5.74, 6) is 0.449. The number of alkyl halides is 3. The second kappa shape index (κ2) is 9.61. The second-order valence-corrected chi connectivity index (χ2v) is 9.12. The van der Waals surface area contributed by atoms with Gasteiger partial charge in [-0.1, -0.05) is 73.0 Å². The average molecular weight is 422 g/mol. The van der Waals surface area contributed by atoms with Crippen molar-refractivity contribution in [1.29, 1.82) is 0 Å². The second-order valence-electron chi connectivity index (χ2n) is 5.70. The number of carbonyl (C=O) groups excluding carboxylic acids is 1. The number of hydrogen-bond donors (Lipinski definition) is 1. The first-order valence-electron chi connectivity index (χ1n) is 7.74. The molecule has 0 spiro atoms. The van der Waals surface area contributed by atoms with Gasteiger partial charge in [-0.2, -0.15) is 13.2 Å². The number of thioether (sulfide) groups is 2. The molecule has 4 nitrogen and oxygen atoms in total. The zero-order valence-corrected chi connectivity index (χ0v) is 16.6. The summed E-state index contributed by atoms with van der Waals surface area (Å²) in [4.78, 5) is 11.4. The Hall–Kier alpha value is -1.26. The molecular formula is C16H18F3N3OS3. The van der Waals surface area contributed by atoms with Gasteiger partial charge in [-0.3, -0.25) is 4.79 Å². The Balaban J connectivity index is 1.76. The van der Waals surface area contributed by atoms with E-state index in [-0.39, 0.29) is 5.75 Å². The molecule has 0 unspecified atom stereocenters.